The first-order valence-corrected chi connectivity index (χ1v) is 7.10. The molecular formula is C12H10Br2N2O2. The molecule has 0 saturated carbocycles. The SMILES string of the molecule is CNC(=O)Oc1cnc2ccc(Br)cc2c1CBr. The minimum atomic E-state index is -0.506. The van der Waals surface area contributed by atoms with Crippen LogP contribution in [0, 0.1) is 0 Å². The van der Waals surface area contributed by atoms with Crippen LogP contribution in [0.5, 0.6) is 5.75 Å². The van der Waals surface area contributed by atoms with Crippen LogP contribution in [0.4, 0.5) is 4.79 Å². The smallest absolute Gasteiger partial charge is 0.408 e. The molecule has 0 atom stereocenters. The predicted octanol–water partition coefficient (Wildman–Crippen LogP) is 3.61. The van der Waals surface area contributed by atoms with Gasteiger partial charge in [-0.25, -0.2) is 4.79 Å². The van der Waals surface area contributed by atoms with Crippen molar-refractivity contribution in [1.82, 2.24) is 10.3 Å². The third kappa shape index (κ3) is 2.64. The number of pyridine rings is 1. The number of hydrogen-bond donors (Lipinski definition) is 1. The number of alkyl halides is 1. The first-order valence-electron chi connectivity index (χ1n) is 5.18. The molecule has 0 bridgehead atoms. The van der Waals surface area contributed by atoms with Gasteiger partial charge in [0.25, 0.3) is 0 Å². The summed E-state index contributed by atoms with van der Waals surface area (Å²) in [6, 6.07) is 5.79. The summed E-state index contributed by atoms with van der Waals surface area (Å²) >= 11 is 6.83. The number of amides is 1. The van der Waals surface area contributed by atoms with E-state index in [9.17, 15) is 4.79 Å². The van der Waals surface area contributed by atoms with E-state index in [0.717, 1.165) is 20.9 Å². The van der Waals surface area contributed by atoms with E-state index >= 15 is 0 Å². The second kappa shape index (κ2) is 5.67. The molecule has 0 saturated heterocycles. The van der Waals surface area contributed by atoms with Crippen molar-refractivity contribution in [3.63, 3.8) is 0 Å². The minimum absolute atomic E-state index is 0.455. The zero-order chi connectivity index (χ0) is 13.1. The van der Waals surface area contributed by atoms with E-state index < -0.39 is 6.09 Å². The van der Waals surface area contributed by atoms with Crippen LogP contribution in [0.2, 0.25) is 0 Å². The average Bonchev–Trinajstić information content (AvgIpc) is 2.38. The normalized spacial score (nSPS) is 10.4. The summed E-state index contributed by atoms with van der Waals surface area (Å²) in [5, 5.41) is 3.94. The van der Waals surface area contributed by atoms with E-state index in [1.807, 2.05) is 18.2 Å². The molecule has 1 N–H and O–H groups in total. The van der Waals surface area contributed by atoms with E-state index in [4.69, 9.17) is 4.74 Å². The quantitative estimate of drug-likeness (QED) is 0.818. The standard InChI is InChI=1S/C12H10Br2N2O2/c1-15-12(17)18-11-6-16-10-3-2-7(14)4-8(10)9(11)5-13/h2-4,6H,5H2,1H3,(H,15,17). The van der Waals surface area contributed by atoms with E-state index in [0.29, 0.717) is 11.1 Å². The summed E-state index contributed by atoms with van der Waals surface area (Å²) in [6.07, 6.45) is 1.05. The maximum atomic E-state index is 11.3. The Morgan fingerprint density at radius 1 is 1.50 bits per heavy atom. The predicted molar refractivity (Wildman–Crippen MR) is 77.2 cm³/mol. The lowest BCUT2D eigenvalue weighted by atomic mass is 10.1. The number of carbonyl (C=O) groups is 1. The number of carbonyl (C=O) groups excluding carboxylic acids is 1. The maximum Gasteiger partial charge on any atom is 0.412 e. The van der Waals surface area contributed by atoms with Gasteiger partial charge < -0.3 is 10.1 Å². The Balaban J connectivity index is 2.57. The van der Waals surface area contributed by atoms with Gasteiger partial charge in [0, 0.05) is 27.8 Å². The molecule has 0 aliphatic rings. The molecule has 4 nitrogen and oxygen atoms in total. The molecular weight excluding hydrogens is 364 g/mol. The highest BCUT2D eigenvalue weighted by Gasteiger charge is 2.12. The number of rotatable bonds is 2. The fraction of sp³-hybridized carbons (Fsp3) is 0.167. The fourth-order valence-electron chi connectivity index (χ4n) is 1.58. The topological polar surface area (TPSA) is 51.2 Å². The van der Waals surface area contributed by atoms with Crippen molar-refractivity contribution in [3.8, 4) is 5.75 Å². The van der Waals surface area contributed by atoms with Gasteiger partial charge in [0.1, 0.15) is 0 Å². The van der Waals surface area contributed by atoms with E-state index in [2.05, 4.69) is 42.2 Å². The highest BCUT2D eigenvalue weighted by Crippen LogP contribution is 2.30. The van der Waals surface area contributed by atoms with Crippen LogP contribution < -0.4 is 10.1 Å². The summed E-state index contributed by atoms with van der Waals surface area (Å²) in [6.45, 7) is 0. The maximum absolute atomic E-state index is 11.3. The van der Waals surface area contributed by atoms with Gasteiger partial charge in [-0.3, -0.25) is 4.98 Å². The molecule has 0 unspecified atom stereocenters. The van der Waals surface area contributed by atoms with Crippen molar-refractivity contribution in [3.05, 3.63) is 34.4 Å². The van der Waals surface area contributed by atoms with Crippen molar-refractivity contribution < 1.29 is 9.53 Å². The van der Waals surface area contributed by atoms with Crippen LogP contribution in [0.15, 0.2) is 28.9 Å². The average molecular weight is 374 g/mol. The molecule has 18 heavy (non-hydrogen) atoms. The van der Waals surface area contributed by atoms with Crippen LogP contribution >= 0.6 is 31.9 Å². The Morgan fingerprint density at radius 3 is 2.94 bits per heavy atom. The lowest BCUT2D eigenvalue weighted by molar-refractivity contribution is 0.202. The van der Waals surface area contributed by atoms with Gasteiger partial charge in [0.2, 0.25) is 0 Å². The van der Waals surface area contributed by atoms with Crippen LogP contribution in [-0.4, -0.2) is 18.1 Å². The first kappa shape index (κ1) is 13.3. The van der Waals surface area contributed by atoms with Gasteiger partial charge in [-0.15, -0.1) is 0 Å². The van der Waals surface area contributed by atoms with Crippen molar-refractivity contribution in [2.45, 2.75) is 5.33 Å². The number of ether oxygens (including phenoxy) is 1. The third-order valence-electron chi connectivity index (χ3n) is 2.44. The molecule has 1 heterocycles. The number of halogens is 2. The first-order chi connectivity index (χ1) is 8.65. The molecule has 0 radical (unpaired) electrons. The number of fused-ring (bicyclic) bond motifs is 1. The van der Waals surface area contributed by atoms with Gasteiger partial charge >= 0.3 is 6.09 Å². The number of hydrogen-bond acceptors (Lipinski definition) is 3. The number of nitrogens with zero attached hydrogens (tertiary/aromatic N) is 1. The van der Waals surface area contributed by atoms with Gasteiger partial charge in [-0.05, 0) is 18.2 Å². The summed E-state index contributed by atoms with van der Waals surface area (Å²) in [7, 11) is 1.52. The van der Waals surface area contributed by atoms with Gasteiger partial charge in [-0.2, -0.15) is 0 Å². The van der Waals surface area contributed by atoms with Gasteiger partial charge in [-0.1, -0.05) is 31.9 Å². The van der Waals surface area contributed by atoms with Crippen LogP contribution in [0.3, 0.4) is 0 Å². The van der Waals surface area contributed by atoms with Crippen molar-refractivity contribution in [2.75, 3.05) is 7.05 Å². The van der Waals surface area contributed by atoms with Crippen LogP contribution in [-0.2, 0) is 5.33 Å². The Hall–Kier alpha value is -1.14. The summed E-state index contributed by atoms with van der Waals surface area (Å²) < 4.78 is 6.13. The number of benzene rings is 1. The Labute approximate surface area is 121 Å². The van der Waals surface area contributed by atoms with Gasteiger partial charge in [0.05, 0.1) is 11.7 Å². The minimum Gasteiger partial charge on any atom is -0.408 e. The van der Waals surface area contributed by atoms with E-state index in [-0.39, 0.29) is 0 Å². The van der Waals surface area contributed by atoms with Crippen molar-refractivity contribution in [2.24, 2.45) is 0 Å². The van der Waals surface area contributed by atoms with Crippen molar-refractivity contribution >= 4 is 48.9 Å². The van der Waals surface area contributed by atoms with Crippen LogP contribution in [0.25, 0.3) is 10.9 Å². The highest BCUT2D eigenvalue weighted by atomic mass is 79.9. The van der Waals surface area contributed by atoms with Crippen molar-refractivity contribution in [1.29, 1.82) is 0 Å². The third-order valence-corrected chi connectivity index (χ3v) is 3.50. The largest absolute Gasteiger partial charge is 0.412 e. The summed E-state index contributed by atoms with van der Waals surface area (Å²) in [4.78, 5) is 15.5. The second-order valence-corrected chi connectivity index (χ2v) is 5.01. The molecule has 1 amide bonds. The van der Waals surface area contributed by atoms with Gasteiger partial charge in [0.15, 0.2) is 5.75 Å². The number of nitrogens with one attached hydrogen (secondary N) is 1. The molecule has 1 aromatic carbocycles. The molecule has 0 aliphatic carbocycles. The molecule has 2 aromatic rings. The zero-order valence-electron chi connectivity index (χ0n) is 9.54. The van der Waals surface area contributed by atoms with Crippen LogP contribution in [0.1, 0.15) is 5.56 Å². The number of aromatic nitrogens is 1. The molecule has 6 heteroatoms. The summed E-state index contributed by atoms with van der Waals surface area (Å²) in [5.74, 6) is 0.455. The van der Waals surface area contributed by atoms with E-state index in [1.165, 1.54) is 7.05 Å². The molecule has 0 spiro atoms. The molecule has 94 valence electrons. The monoisotopic (exact) mass is 372 g/mol. The Morgan fingerprint density at radius 2 is 2.28 bits per heavy atom. The molecule has 1 aromatic heterocycles. The molecule has 2 rings (SSSR count). The van der Waals surface area contributed by atoms with E-state index in [1.54, 1.807) is 6.20 Å². The second-order valence-electron chi connectivity index (χ2n) is 3.54. The zero-order valence-corrected chi connectivity index (χ0v) is 12.7. The lowest BCUT2D eigenvalue weighted by Crippen LogP contribution is -2.22. The Bertz CT molecular complexity index is 602. The Kier molecular flexibility index (Phi) is 4.19. The highest BCUT2D eigenvalue weighted by molar-refractivity contribution is 9.10. The molecule has 0 aliphatic heterocycles. The fourth-order valence-corrected chi connectivity index (χ4v) is 2.52. The lowest BCUT2D eigenvalue weighted by Gasteiger charge is -2.10. The molecule has 0 fully saturated rings. The summed E-state index contributed by atoms with van der Waals surface area (Å²) in [5.41, 5.74) is 1.75.